The fraction of sp³-hybridized carbons (Fsp3) is 0.312. The first kappa shape index (κ1) is 14.2. The molecule has 4 heteroatoms. The number of aryl methyl sites for hydroxylation is 1. The van der Waals surface area contributed by atoms with Crippen LogP contribution >= 0.6 is 0 Å². The molecule has 0 bridgehead atoms. The number of nitrogens with zero attached hydrogens (tertiary/aromatic N) is 1. The molecule has 4 nitrogen and oxygen atoms in total. The summed E-state index contributed by atoms with van der Waals surface area (Å²) in [5, 5.41) is 2.93. The maximum Gasteiger partial charge on any atom is 0.220 e. The predicted molar refractivity (Wildman–Crippen MR) is 78.8 cm³/mol. The lowest BCUT2D eigenvalue weighted by Gasteiger charge is -2.07. The summed E-state index contributed by atoms with van der Waals surface area (Å²) in [7, 11) is 1.65. The Hall–Kier alpha value is -2.23. The van der Waals surface area contributed by atoms with Gasteiger partial charge in [0, 0.05) is 31.9 Å². The highest BCUT2D eigenvalue weighted by Gasteiger charge is 2.02. The zero-order chi connectivity index (χ0) is 14.2. The molecule has 2 aromatic rings. The van der Waals surface area contributed by atoms with Gasteiger partial charge in [0.05, 0.1) is 7.11 Å². The highest BCUT2D eigenvalue weighted by atomic mass is 16.5. The summed E-state index contributed by atoms with van der Waals surface area (Å²) in [6.45, 7) is 1.47. The fourth-order valence-corrected chi connectivity index (χ4v) is 1.98. The molecule has 0 aliphatic heterocycles. The van der Waals surface area contributed by atoms with Crippen molar-refractivity contribution in [1.29, 1.82) is 0 Å². The molecule has 1 N–H and O–H groups in total. The average molecular weight is 272 g/mol. The highest BCUT2D eigenvalue weighted by molar-refractivity contribution is 5.76. The Morgan fingerprint density at radius 2 is 1.90 bits per heavy atom. The quantitative estimate of drug-likeness (QED) is 0.840. The molecule has 0 aliphatic carbocycles. The van der Waals surface area contributed by atoms with E-state index in [1.807, 2.05) is 53.4 Å². The molecule has 0 saturated carbocycles. The van der Waals surface area contributed by atoms with E-state index in [1.54, 1.807) is 7.11 Å². The second kappa shape index (κ2) is 7.38. The molecule has 0 atom stereocenters. The lowest BCUT2D eigenvalue weighted by atomic mass is 10.1. The number of nitrogens with one attached hydrogen (secondary N) is 1. The predicted octanol–water partition coefficient (Wildman–Crippen LogP) is 2.25. The summed E-state index contributed by atoms with van der Waals surface area (Å²) >= 11 is 0. The van der Waals surface area contributed by atoms with Gasteiger partial charge in [0.25, 0.3) is 0 Å². The number of carbonyl (C=O) groups excluding carboxylic acids is 1. The number of ether oxygens (including phenoxy) is 1. The zero-order valence-corrected chi connectivity index (χ0v) is 11.7. The Morgan fingerprint density at radius 1 is 1.20 bits per heavy atom. The molecule has 20 heavy (non-hydrogen) atoms. The number of rotatable bonds is 7. The van der Waals surface area contributed by atoms with Gasteiger partial charge >= 0.3 is 0 Å². The summed E-state index contributed by atoms with van der Waals surface area (Å²) in [6, 6.07) is 11.8. The Balaban J connectivity index is 1.66. The van der Waals surface area contributed by atoms with Crippen molar-refractivity contribution < 1.29 is 9.53 Å². The van der Waals surface area contributed by atoms with Crippen molar-refractivity contribution in [3.05, 3.63) is 54.4 Å². The minimum absolute atomic E-state index is 0.0907. The molecule has 0 saturated heterocycles. The van der Waals surface area contributed by atoms with Crippen LogP contribution in [0.5, 0.6) is 5.75 Å². The van der Waals surface area contributed by atoms with E-state index in [0.29, 0.717) is 13.0 Å². The molecule has 106 valence electrons. The average Bonchev–Trinajstić information content (AvgIpc) is 2.99. The highest BCUT2D eigenvalue weighted by Crippen LogP contribution is 2.12. The summed E-state index contributed by atoms with van der Waals surface area (Å²) in [5.74, 6) is 0.929. The Labute approximate surface area is 119 Å². The molecule has 2 rings (SSSR count). The molecule has 0 radical (unpaired) electrons. The van der Waals surface area contributed by atoms with Crippen molar-refractivity contribution in [2.45, 2.75) is 19.4 Å². The number of carbonyl (C=O) groups is 1. The molecular formula is C16H20N2O2. The number of aromatic nitrogens is 1. The van der Waals surface area contributed by atoms with E-state index in [-0.39, 0.29) is 5.91 Å². The van der Waals surface area contributed by atoms with Crippen molar-refractivity contribution in [2.75, 3.05) is 13.7 Å². The van der Waals surface area contributed by atoms with Gasteiger partial charge in [0.2, 0.25) is 5.91 Å². The molecule has 0 fully saturated rings. The van der Waals surface area contributed by atoms with Crippen LogP contribution in [0, 0.1) is 0 Å². The lowest BCUT2D eigenvalue weighted by molar-refractivity contribution is -0.121. The molecule has 1 aromatic heterocycles. The van der Waals surface area contributed by atoms with Gasteiger partial charge in [-0.05, 0) is 36.2 Å². The summed E-state index contributed by atoms with van der Waals surface area (Å²) in [6.07, 6.45) is 5.24. The first-order valence-electron chi connectivity index (χ1n) is 6.78. The van der Waals surface area contributed by atoms with Crippen molar-refractivity contribution in [2.24, 2.45) is 0 Å². The van der Waals surface area contributed by atoms with Crippen LogP contribution in [0.2, 0.25) is 0 Å². The van der Waals surface area contributed by atoms with Gasteiger partial charge in [0.1, 0.15) is 5.75 Å². The van der Waals surface area contributed by atoms with Gasteiger partial charge in [0.15, 0.2) is 0 Å². The van der Waals surface area contributed by atoms with E-state index >= 15 is 0 Å². The minimum Gasteiger partial charge on any atom is -0.497 e. The van der Waals surface area contributed by atoms with Crippen molar-refractivity contribution in [3.63, 3.8) is 0 Å². The molecule has 1 heterocycles. The van der Waals surface area contributed by atoms with Crippen LogP contribution in [0.3, 0.4) is 0 Å². The maximum absolute atomic E-state index is 11.7. The van der Waals surface area contributed by atoms with Crippen LogP contribution in [-0.4, -0.2) is 24.1 Å². The van der Waals surface area contributed by atoms with E-state index in [4.69, 9.17) is 4.74 Å². The molecule has 1 aromatic carbocycles. The first-order chi connectivity index (χ1) is 9.78. The zero-order valence-electron chi connectivity index (χ0n) is 11.7. The normalized spacial score (nSPS) is 10.2. The summed E-state index contributed by atoms with van der Waals surface area (Å²) in [4.78, 5) is 11.7. The van der Waals surface area contributed by atoms with E-state index in [1.165, 1.54) is 0 Å². The van der Waals surface area contributed by atoms with Gasteiger partial charge in [-0.25, -0.2) is 0 Å². The van der Waals surface area contributed by atoms with Crippen molar-refractivity contribution in [3.8, 4) is 5.75 Å². The monoisotopic (exact) mass is 272 g/mol. The second-order valence-corrected chi connectivity index (χ2v) is 4.62. The molecular weight excluding hydrogens is 252 g/mol. The number of benzene rings is 1. The minimum atomic E-state index is 0.0907. The van der Waals surface area contributed by atoms with Gasteiger partial charge in [-0.2, -0.15) is 0 Å². The van der Waals surface area contributed by atoms with Gasteiger partial charge in [-0.1, -0.05) is 12.1 Å². The SMILES string of the molecule is COc1ccc(CCC(=O)NCCn2cccc2)cc1. The molecule has 0 spiro atoms. The second-order valence-electron chi connectivity index (χ2n) is 4.62. The van der Waals surface area contributed by atoms with E-state index in [0.717, 1.165) is 24.3 Å². The van der Waals surface area contributed by atoms with Gasteiger partial charge in [-0.15, -0.1) is 0 Å². The van der Waals surface area contributed by atoms with E-state index in [2.05, 4.69) is 5.32 Å². The van der Waals surface area contributed by atoms with Crippen LogP contribution in [0.15, 0.2) is 48.8 Å². The topological polar surface area (TPSA) is 43.3 Å². The smallest absolute Gasteiger partial charge is 0.220 e. The van der Waals surface area contributed by atoms with Gasteiger partial charge < -0.3 is 14.6 Å². The lowest BCUT2D eigenvalue weighted by Crippen LogP contribution is -2.27. The Kier molecular flexibility index (Phi) is 5.24. The third kappa shape index (κ3) is 4.46. The molecule has 0 aliphatic rings. The standard InChI is InChI=1S/C16H20N2O2/c1-20-15-7-4-14(5-8-15)6-9-16(19)17-10-13-18-11-2-3-12-18/h2-5,7-8,11-12H,6,9-10,13H2,1H3,(H,17,19). The maximum atomic E-state index is 11.7. The van der Waals surface area contributed by atoms with Crippen LogP contribution < -0.4 is 10.1 Å². The third-order valence-corrected chi connectivity index (χ3v) is 3.16. The van der Waals surface area contributed by atoms with Crippen LogP contribution in [0.25, 0.3) is 0 Å². The summed E-state index contributed by atoms with van der Waals surface area (Å²) in [5.41, 5.74) is 1.14. The van der Waals surface area contributed by atoms with Crippen LogP contribution in [-0.2, 0) is 17.8 Å². The number of amides is 1. The summed E-state index contributed by atoms with van der Waals surface area (Å²) < 4.78 is 7.15. The van der Waals surface area contributed by atoms with Crippen LogP contribution in [0.4, 0.5) is 0 Å². The Morgan fingerprint density at radius 3 is 2.55 bits per heavy atom. The van der Waals surface area contributed by atoms with Crippen molar-refractivity contribution in [1.82, 2.24) is 9.88 Å². The third-order valence-electron chi connectivity index (χ3n) is 3.16. The number of hydrogen-bond donors (Lipinski definition) is 1. The molecule has 1 amide bonds. The number of hydrogen-bond acceptors (Lipinski definition) is 2. The number of methoxy groups -OCH3 is 1. The molecule has 0 unspecified atom stereocenters. The first-order valence-corrected chi connectivity index (χ1v) is 6.78. The van der Waals surface area contributed by atoms with Crippen LogP contribution in [0.1, 0.15) is 12.0 Å². The fourth-order valence-electron chi connectivity index (χ4n) is 1.98. The van der Waals surface area contributed by atoms with Gasteiger partial charge in [-0.3, -0.25) is 4.79 Å². The van der Waals surface area contributed by atoms with E-state index in [9.17, 15) is 4.79 Å². The van der Waals surface area contributed by atoms with E-state index < -0.39 is 0 Å². The van der Waals surface area contributed by atoms with Crippen molar-refractivity contribution >= 4 is 5.91 Å². The Bertz CT molecular complexity index is 518. The largest absolute Gasteiger partial charge is 0.497 e.